The van der Waals surface area contributed by atoms with E-state index < -0.39 is 0 Å². The van der Waals surface area contributed by atoms with Gasteiger partial charge in [0.05, 0.1) is 0 Å². The number of anilines is 1. The van der Waals surface area contributed by atoms with Crippen molar-refractivity contribution in [2.45, 2.75) is 25.8 Å². The smallest absolute Gasteiger partial charge is 0.0412 e. The summed E-state index contributed by atoms with van der Waals surface area (Å²) in [6, 6.07) is 16.5. The predicted molar refractivity (Wildman–Crippen MR) is 89.0 cm³/mol. The Kier molecular flexibility index (Phi) is 3.19. The topological polar surface area (TPSA) is 15.3 Å². The van der Waals surface area contributed by atoms with Gasteiger partial charge in [-0.25, -0.2) is 0 Å². The maximum atomic E-state index is 3.51. The number of hydrogen-bond acceptors (Lipinski definition) is 2. The van der Waals surface area contributed by atoms with Crippen LogP contribution in [0.2, 0.25) is 0 Å². The third-order valence-electron chi connectivity index (χ3n) is 4.93. The molecular weight excluding hydrogens is 256 g/mol. The van der Waals surface area contributed by atoms with Crippen molar-refractivity contribution < 1.29 is 0 Å². The Morgan fingerprint density at radius 2 is 1.95 bits per heavy atom. The van der Waals surface area contributed by atoms with E-state index in [2.05, 4.69) is 59.6 Å². The van der Waals surface area contributed by atoms with Gasteiger partial charge in [0.15, 0.2) is 0 Å². The van der Waals surface area contributed by atoms with Crippen LogP contribution in [-0.4, -0.2) is 25.7 Å². The molecule has 0 radical (unpaired) electrons. The molecule has 0 aromatic heterocycles. The summed E-state index contributed by atoms with van der Waals surface area (Å²) in [5, 5.41) is 3.51. The quantitative estimate of drug-likeness (QED) is 0.772. The van der Waals surface area contributed by atoms with Crippen LogP contribution in [0, 0.1) is 0 Å². The average Bonchev–Trinajstić information content (AvgIpc) is 2.92. The summed E-state index contributed by atoms with van der Waals surface area (Å²) < 4.78 is 0. The molecule has 108 valence electrons. The molecule has 2 aromatic carbocycles. The molecule has 0 spiro atoms. The fourth-order valence-corrected chi connectivity index (χ4v) is 3.78. The van der Waals surface area contributed by atoms with Crippen LogP contribution in [0.25, 0.3) is 11.1 Å². The van der Waals surface area contributed by atoms with Gasteiger partial charge in [0.25, 0.3) is 0 Å². The van der Waals surface area contributed by atoms with Crippen molar-refractivity contribution in [1.82, 2.24) is 5.32 Å². The van der Waals surface area contributed by atoms with Crippen molar-refractivity contribution in [3.8, 4) is 11.1 Å². The molecule has 21 heavy (non-hydrogen) atoms. The molecule has 1 aliphatic carbocycles. The maximum absolute atomic E-state index is 3.51. The number of nitrogens with one attached hydrogen (secondary N) is 1. The molecule has 1 heterocycles. The number of hydrogen-bond donors (Lipinski definition) is 1. The minimum absolute atomic E-state index is 0.626. The molecule has 2 aromatic rings. The van der Waals surface area contributed by atoms with Crippen molar-refractivity contribution in [2.24, 2.45) is 0 Å². The van der Waals surface area contributed by atoms with Gasteiger partial charge in [-0.05, 0) is 47.2 Å². The van der Waals surface area contributed by atoms with Gasteiger partial charge in [0, 0.05) is 31.4 Å². The lowest BCUT2D eigenvalue weighted by Gasteiger charge is -2.37. The maximum Gasteiger partial charge on any atom is 0.0412 e. The van der Waals surface area contributed by atoms with Gasteiger partial charge in [-0.3, -0.25) is 0 Å². The van der Waals surface area contributed by atoms with Crippen LogP contribution >= 0.6 is 0 Å². The van der Waals surface area contributed by atoms with E-state index in [1.54, 1.807) is 0 Å². The summed E-state index contributed by atoms with van der Waals surface area (Å²) in [4.78, 5) is 2.58. The van der Waals surface area contributed by atoms with Crippen LogP contribution < -0.4 is 10.2 Å². The highest BCUT2D eigenvalue weighted by Gasteiger charge is 2.23. The van der Waals surface area contributed by atoms with Crippen molar-refractivity contribution >= 4 is 5.69 Å². The van der Waals surface area contributed by atoms with Gasteiger partial charge in [-0.2, -0.15) is 0 Å². The highest BCUT2D eigenvalue weighted by molar-refractivity contribution is 5.78. The van der Waals surface area contributed by atoms with Crippen LogP contribution in [0.3, 0.4) is 0 Å². The molecule has 1 saturated heterocycles. The molecule has 1 unspecified atom stereocenters. The normalized spacial score (nSPS) is 20.2. The molecule has 1 N–H and O–H groups in total. The van der Waals surface area contributed by atoms with E-state index in [9.17, 15) is 0 Å². The summed E-state index contributed by atoms with van der Waals surface area (Å²) >= 11 is 0. The van der Waals surface area contributed by atoms with Crippen LogP contribution in [0.15, 0.2) is 42.5 Å². The first-order valence-electron chi connectivity index (χ1n) is 8.05. The third-order valence-corrected chi connectivity index (χ3v) is 4.93. The summed E-state index contributed by atoms with van der Waals surface area (Å²) in [5.41, 5.74) is 7.21. The molecule has 1 fully saturated rings. The Bertz CT molecular complexity index is 662. The molecule has 1 aliphatic heterocycles. The first-order valence-corrected chi connectivity index (χ1v) is 8.05. The van der Waals surface area contributed by atoms with Crippen LogP contribution in [0.5, 0.6) is 0 Å². The molecule has 4 rings (SSSR count). The van der Waals surface area contributed by atoms with E-state index >= 15 is 0 Å². The Hall–Kier alpha value is -1.80. The standard InChI is InChI=1S/C19H22N2/c1-2-16-13-20-9-10-21(16)17-7-8-19-15(12-17)11-14-5-3-4-6-18(14)19/h3-8,12,16,20H,2,9-11,13H2,1H3. The second kappa shape index (κ2) is 5.19. The zero-order valence-electron chi connectivity index (χ0n) is 12.6. The molecule has 2 aliphatic rings. The SMILES string of the molecule is CCC1CNCCN1c1ccc2c(c1)Cc1ccccc1-2. The second-order valence-electron chi connectivity index (χ2n) is 6.13. The third kappa shape index (κ3) is 2.14. The summed E-state index contributed by atoms with van der Waals surface area (Å²) in [7, 11) is 0. The van der Waals surface area contributed by atoms with Gasteiger partial charge in [-0.1, -0.05) is 37.3 Å². The van der Waals surface area contributed by atoms with Crippen molar-refractivity contribution in [3.05, 3.63) is 53.6 Å². The summed E-state index contributed by atoms with van der Waals surface area (Å²) in [5.74, 6) is 0. The van der Waals surface area contributed by atoms with E-state index in [0.29, 0.717) is 6.04 Å². The van der Waals surface area contributed by atoms with Crippen LogP contribution in [-0.2, 0) is 6.42 Å². The van der Waals surface area contributed by atoms with Crippen LogP contribution in [0.1, 0.15) is 24.5 Å². The number of rotatable bonds is 2. The van der Waals surface area contributed by atoms with E-state index in [1.807, 2.05) is 0 Å². The second-order valence-corrected chi connectivity index (χ2v) is 6.13. The fraction of sp³-hybridized carbons (Fsp3) is 0.368. The molecule has 1 atom stereocenters. The minimum Gasteiger partial charge on any atom is -0.366 e. The lowest BCUT2D eigenvalue weighted by atomic mass is 10.0. The predicted octanol–water partition coefficient (Wildman–Crippen LogP) is 3.45. The average molecular weight is 278 g/mol. The van der Waals surface area contributed by atoms with Crippen LogP contribution in [0.4, 0.5) is 5.69 Å². The van der Waals surface area contributed by atoms with E-state index in [0.717, 1.165) is 26.1 Å². The van der Waals surface area contributed by atoms with Gasteiger partial charge in [0.2, 0.25) is 0 Å². The lowest BCUT2D eigenvalue weighted by Crippen LogP contribution is -2.51. The van der Waals surface area contributed by atoms with E-state index in [-0.39, 0.29) is 0 Å². The fourth-order valence-electron chi connectivity index (χ4n) is 3.78. The Morgan fingerprint density at radius 1 is 1.10 bits per heavy atom. The van der Waals surface area contributed by atoms with Gasteiger partial charge >= 0.3 is 0 Å². The molecule has 2 heteroatoms. The molecule has 2 nitrogen and oxygen atoms in total. The van der Waals surface area contributed by atoms with Gasteiger partial charge in [-0.15, -0.1) is 0 Å². The van der Waals surface area contributed by atoms with Crippen molar-refractivity contribution in [1.29, 1.82) is 0 Å². The van der Waals surface area contributed by atoms with Crippen molar-refractivity contribution in [3.63, 3.8) is 0 Å². The Morgan fingerprint density at radius 3 is 2.86 bits per heavy atom. The first-order chi connectivity index (χ1) is 10.4. The van der Waals surface area contributed by atoms with E-state index in [4.69, 9.17) is 0 Å². The lowest BCUT2D eigenvalue weighted by molar-refractivity contribution is 0.466. The number of piperazine rings is 1. The van der Waals surface area contributed by atoms with Gasteiger partial charge < -0.3 is 10.2 Å². The molecular formula is C19H22N2. The number of nitrogens with zero attached hydrogens (tertiary/aromatic N) is 1. The summed E-state index contributed by atoms with van der Waals surface area (Å²) in [6.07, 6.45) is 2.28. The highest BCUT2D eigenvalue weighted by atomic mass is 15.2. The largest absolute Gasteiger partial charge is 0.366 e. The Labute approximate surface area is 126 Å². The highest BCUT2D eigenvalue weighted by Crippen LogP contribution is 2.38. The molecule has 0 bridgehead atoms. The number of fused-ring (bicyclic) bond motifs is 3. The summed E-state index contributed by atoms with van der Waals surface area (Å²) in [6.45, 7) is 5.60. The zero-order valence-corrected chi connectivity index (χ0v) is 12.6. The zero-order chi connectivity index (χ0) is 14.2. The monoisotopic (exact) mass is 278 g/mol. The molecule has 0 saturated carbocycles. The number of benzene rings is 2. The first kappa shape index (κ1) is 12.9. The minimum atomic E-state index is 0.626. The van der Waals surface area contributed by atoms with Crippen molar-refractivity contribution in [2.75, 3.05) is 24.5 Å². The Balaban J connectivity index is 1.69. The molecule has 0 amide bonds. The van der Waals surface area contributed by atoms with Gasteiger partial charge in [0.1, 0.15) is 0 Å². The van der Waals surface area contributed by atoms with E-state index in [1.165, 1.54) is 34.4 Å².